The number of aryl methyl sites for hydroxylation is 2. The maximum atomic E-state index is 12.6. The van der Waals surface area contributed by atoms with Gasteiger partial charge in [0, 0.05) is 23.7 Å². The molecule has 0 radical (unpaired) electrons. The molecule has 166 valence electrons. The van der Waals surface area contributed by atoms with Crippen LogP contribution in [-0.4, -0.2) is 28.1 Å². The number of nitrogens with one attached hydrogen (secondary N) is 3. The van der Waals surface area contributed by atoms with E-state index in [1.54, 1.807) is 4.68 Å². The van der Waals surface area contributed by atoms with Crippen LogP contribution >= 0.6 is 0 Å². The molecule has 0 spiro atoms. The molecule has 0 bridgehead atoms. The fourth-order valence-electron chi connectivity index (χ4n) is 3.47. The molecule has 1 heterocycles. The second-order valence-electron chi connectivity index (χ2n) is 8.45. The number of anilines is 2. The fourth-order valence-corrected chi connectivity index (χ4v) is 3.47. The van der Waals surface area contributed by atoms with E-state index in [1.165, 1.54) is 5.56 Å². The van der Waals surface area contributed by atoms with Gasteiger partial charge in [-0.2, -0.15) is 5.10 Å². The number of nitrogens with zero attached hydrogens (tertiary/aromatic N) is 2. The van der Waals surface area contributed by atoms with Gasteiger partial charge in [-0.3, -0.25) is 9.59 Å². The van der Waals surface area contributed by atoms with E-state index in [1.807, 2.05) is 75.4 Å². The van der Waals surface area contributed by atoms with E-state index in [4.69, 9.17) is 0 Å². The second-order valence-corrected chi connectivity index (χ2v) is 8.45. The fraction of sp³-hybridized carbons (Fsp3) is 0.320. The van der Waals surface area contributed by atoms with Crippen LogP contribution in [0.5, 0.6) is 0 Å². The molecule has 1 atom stereocenters. The largest absolute Gasteiger partial charge is 0.326 e. The summed E-state index contributed by atoms with van der Waals surface area (Å²) < 4.78 is 1.74. The lowest BCUT2D eigenvalue weighted by Gasteiger charge is -2.15. The van der Waals surface area contributed by atoms with Crippen LogP contribution in [0.4, 0.5) is 11.5 Å². The van der Waals surface area contributed by atoms with Gasteiger partial charge in [-0.05, 0) is 63.4 Å². The molecule has 2 amide bonds. The van der Waals surface area contributed by atoms with Gasteiger partial charge in [-0.1, -0.05) is 29.8 Å². The van der Waals surface area contributed by atoms with Crippen molar-refractivity contribution in [2.45, 2.75) is 39.7 Å². The Morgan fingerprint density at radius 2 is 1.72 bits per heavy atom. The Hall–Kier alpha value is -3.45. The smallest absolute Gasteiger partial charge is 0.239 e. The van der Waals surface area contributed by atoms with Gasteiger partial charge in [0.05, 0.1) is 17.9 Å². The number of carbonyl (C=O) groups excluding carboxylic acids is 2. The van der Waals surface area contributed by atoms with Crippen LogP contribution in [-0.2, 0) is 9.59 Å². The number of rotatable bonds is 8. The first kappa shape index (κ1) is 21.8. The van der Waals surface area contributed by atoms with Crippen LogP contribution in [0.25, 0.3) is 5.69 Å². The topological polar surface area (TPSA) is 88.1 Å². The molecule has 7 nitrogen and oxygen atoms in total. The van der Waals surface area contributed by atoms with E-state index >= 15 is 0 Å². The summed E-state index contributed by atoms with van der Waals surface area (Å²) in [5.74, 6) is 0.778. The Labute approximate surface area is 188 Å². The Morgan fingerprint density at radius 1 is 1.03 bits per heavy atom. The molecule has 7 heteroatoms. The molecule has 2 aromatic carbocycles. The van der Waals surface area contributed by atoms with Crippen molar-refractivity contribution in [3.8, 4) is 5.69 Å². The molecule has 0 aliphatic heterocycles. The van der Waals surface area contributed by atoms with E-state index < -0.39 is 0 Å². The molecule has 32 heavy (non-hydrogen) atoms. The standard InChI is InChI=1S/C25H29N5O2/c1-16-4-12-22(13-5-16)30-23(14-17(2)29-30)28-24(31)15-26-18(3)19-8-10-21(11-9-19)27-25(32)20-6-7-20/h4-5,8-14,18,20,26H,6-7,15H2,1-3H3,(H,27,32)(H,28,31). The van der Waals surface area contributed by atoms with E-state index in [9.17, 15) is 9.59 Å². The lowest BCUT2D eigenvalue weighted by molar-refractivity contribution is -0.117. The number of amides is 2. The van der Waals surface area contributed by atoms with Crippen LogP contribution in [0.15, 0.2) is 54.6 Å². The van der Waals surface area contributed by atoms with Gasteiger partial charge in [-0.15, -0.1) is 0 Å². The van der Waals surface area contributed by atoms with Crippen LogP contribution in [0, 0.1) is 19.8 Å². The van der Waals surface area contributed by atoms with Gasteiger partial charge >= 0.3 is 0 Å². The molecule has 1 aliphatic carbocycles. The van der Waals surface area contributed by atoms with Crippen molar-refractivity contribution in [2.75, 3.05) is 17.2 Å². The van der Waals surface area contributed by atoms with Gasteiger partial charge < -0.3 is 16.0 Å². The zero-order valence-electron chi connectivity index (χ0n) is 18.7. The average Bonchev–Trinajstić information content (AvgIpc) is 3.57. The predicted octanol–water partition coefficient (Wildman–Crippen LogP) is 4.13. The maximum Gasteiger partial charge on any atom is 0.239 e. The summed E-state index contributed by atoms with van der Waals surface area (Å²) in [7, 11) is 0. The summed E-state index contributed by atoms with van der Waals surface area (Å²) in [6.45, 7) is 6.11. The van der Waals surface area contributed by atoms with Crippen molar-refractivity contribution in [2.24, 2.45) is 5.92 Å². The Morgan fingerprint density at radius 3 is 2.38 bits per heavy atom. The summed E-state index contributed by atoms with van der Waals surface area (Å²) in [4.78, 5) is 24.5. The number of aromatic nitrogens is 2. The summed E-state index contributed by atoms with van der Waals surface area (Å²) >= 11 is 0. The highest BCUT2D eigenvalue weighted by Crippen LogP contribution is 2.30. The molecule has 1 aromatic heterocycles. The van der Waals surface area contributed by atoms with Gasteiger partial charge in [0.25, 0.3) is 0 Å². The molecular weight excluding hydrogens is 402 g/mol. The summed E-state index contributed by atoms with van der Waals surface area (Å²) in [5, 5.41) is 13.6. The van der Waals surface area contributed by atoms with Crippen molar-refractivity contribution in [3.63, 3.8) is 0 Å². The van der Waals surface area contributed by atoms with E-state index in [-0.39, 0.29) is 30.3 Å². The SMILES string of the molecule is Cc1ccc(-n2nc(C)cc2NC(=O)CNC(C)c2ccc(NC(=O)C3CC3)cc2)cc1. The van der Waals surface area contributed by atoms with Crippen molar-refractivity contribution >= 4 is 23.3 Å². The minimum absolute atomic E-state index is 0.0160. The average molecular weight is 432 g/mol. The zero-order valence-corrected chi connectivity index (χ0v) is 18.7. The first-order valence-electron chi connectivity index (χ1n) is 11.0. The van der Waals surface area contributed by atoms with E-state index in [0.717, 1.165) is 35.5 Å². The zero-order chi connectivity index (χ0) is 22.7. The van der Waals surface area contributed by atoms with E-state index in [0.29, 0.717) is 5.82 Å². The number of hydrogen-bond acceptors (Lipinski definition) is 4. The number of benzene rings is 2. The molecular formula is C25H29N5O2. The number of carbonyl (C=O) groups is 2. The van der Waals surface area contributed by atoms with Gasteiger partial charge in [0.15, 0.2) is 0 Å². The van der Waals surface area contributed by atoms with Gasteiger partial charge in [-0.25, -0.2) is 4.68 Å². The van der Waals surface area contributed by atoms with Gasteiger partial charge in [0.2, 0.25) is 11.8 Å². The third kappa shape index (κ3) is 5.42. The quantitative estimate of drug-likeness (QED) is 0.500. The minimum Gasteiger partial charge on any atom is -0.326 e. The summed E-state index contributed by atoms with van der Waals surface area (Å²) in [6.07, 6.45) is 1.97. The van der Waals surface area contributed by atoms with Crippen LogP contribution in [0.2, 0.25) is 0 Å². The molecule has 1 saturated carbocycles. The highest BCUT2D eigenvalue weighted by Gasteiger charge is 2.29. The molecule has 1 unspecified atom stereocenters. The third-order valence-corrected chi connectivity index (χ3v) is 5.57. The maximum absolute atomic E-state index is 12.6. The molecule has 3 N–H and O–H groups in total. The minimum atomic E-state index is -0.140. The Balaban J connectivity index is 1.32. The first-order chi connectivity index (χ1) is 15.4. The number of hydrogen-bond donors (Lipinski definition) is 3. The van der Waals surface area contributed by atoms with Crippen LogP contribution < -0.4 is 16.0 Å². The molecule has 1 aliphatic rings. The normalized spacial score (nSPS) is 14.1. The molecule has 4 rings (SSSR count). The first-order valence-corrected chi connectivity index (χ1v) is 11.0. The second kappa shape index (κ2) is 9.36. The molecule has 1 fully saturated rings. The Kier molecular flexibility index (Phi) is 6.37. The van der Waals surface area contributed by atoms with Crippen molar-refractivity contribution < 1.29 is 9.59 Å². The van der Waals surface area contributed by atoms with Crippen LogP contribution in [0.1, 0.15) is 42.6 Å². The van der Waals surface area contributed by atoms with Crippen molar-refractivity contribution in [1.82, 2.24) is 15.1 Å². The lowest BCUT2D eigenvalue weighted by atomic mass is 10.1. The van der Waals surface area contributed by atoms with E-state index in [2.05, 4.69) is 21.0 Å². The summed E-state index contributed by atoms with van der Waals surface area (Å²) in [5.41, 5.74) is 4.74. The third-order valence-electron chi connectivity index (χ3n) is 5.57. The molecule has 3 aromatic rings. The highest BCUT2D eigenvalue weighted by molar-refractivity contribution is 5.94. The monoisotopic (exact) mass is 431 g/mol. The summed E-state index contributed by atoms with van der Waals surface area (Å²) in [6, 6.07) is 17.6. The van der Waals surface area contributed by atoms with Crippen LogP contribution in [0.3, 0.4) is 0 Å². The Bertz CT molecular complexity index is 1100. The van der Waals surface area contributed by atoms with Crippen molar-refractivity contribution in [1.29, 1.82) is 0 Å². The predicted molar refractivity (Wildman–Crippen MR) is 126 cm³/mol. The highest BCUT2D eigenvalue weighted by atomic mass is 16.2. The lowest BCUT2D eigenvalue weighted by Crippen LogP contribution is -2.30. The van der Waals surface area contributed by atoms with Gasteiger partial charge in [0.1, 0.15) is 5.82 Å². The molecule has 0 saturated heterocycles. The van der Waals surface area contributed by atoms with Crippen molar-refractivity contribution in [3.05, 3.63) is 71.4 Å².